The normalized spacial score (nSPS) is 11.1. The highest BCUT2D eigenvalue weighted by Crippen LogP contribution is 2.09. The molecule has 0 aliphatic rings. The van der Waals surface area contributed by atoms with E-state index >= 15 is 0 Å². The molecule has 0 bridgehead atoms. The molecular formula is C10H13BO6S. The number of esters is 1. The van der Waals surface area contributed by atoms with E-state index in [1.54, 1.807) is 6.92 Å². The number of hydrogen-bond acceptors (Lipinski definition) is 6. The minimum absolute atomic E-state index is 0.0695. The lowest BCUT2D eigenvalue weighted by Crippen LogP contribution is -2.29. The van der Waals surface area contributed by atoms with Gasteiger partial charge in [0.05, 0.1) is 11.5 Å². The van der Waals surface area contributed by atoms with Crippen LogP contribution in [0.5, 0.6) is 0 Å². The Bertz CT molecular complexity index is 508. The van der Waals surface area contributed by atoms with Crippen molar-refractivity contribution in [1.82, 2.24) is 0 Å². The van der Waals surface area contributed by atoms with Crippen molar-refractivity contribution in [3.63, 3.8) is 0 Å². The SMILES string of the molecule is CCOC(=O)CS(=O)(=O)c1ccc(B(O)O)cc1. The number of rotatable bonds is 5. The van der Waals surface area contributed by atoms with E-state index in [2.05, 4.69) is 4.74 Å². The minimum atomic E-state index is -3.76. The summed E-state index contributed by atoms with van der Waals surface area (Å²) in [6.45, 7) is 1.70. The average molecular weight is 272 g/mol. The molecule has 0 spiro atoms. The second-order valence-electron chi connectivity index (χ2n) is 3.51. The van der Waals surface area contributed by atoms with E-state index in [1.807, 2.05) is 0 Å². The number of hydrogen-bond donors (Lipinski definition) is 2. The van der Waals surface area contributed by atoms with Crippen molar-refractivity contribution in [3.05, 3.63) is 24.3 Å². The van der Waals surface area contributed by atoms with Crippen molar-refractivity contribution in [2.24, 2.45) is 0 Å². The molecule has 0 radical (unpaired) electrons. The first-order chi connectivity index (χ1) is 8.36. The maximum absolute atomic E-state index is 11.8. The maximum atomic E-state index is 11.8. The second-order valence-corrected chi connectivity index (χ2v) is 5.50. The van der Waals surface area contributed by atoms with Gasteiger partial charge in [-0.15, -0.1) is 0 Å². The molecule has 18 heavy (non-hydrogen) atoms. The van der Waals surface area contributed by atoms with E-state index in [1.165, 1.54) is 24.3 Å². The van der Waals surface area contributed by atoms with Crippen molar-refractivity contribution in [1.29, 1.82) is 0 Å². The van der Waals surface area contributed by atoms with Gasteiger partial charge in [0.15, 0.2) is 15.6 Å². The summed E-state index contributed by atoms with van der Waals surface area (Å²) in [5, 5.41) is 17.7. The zero-order chi connectivity index (χ0) is 13.8. The van der Waals surface area contributed by atoms with Crippen LogP contribution in [0.15, 0.2) is 29.2 Å². The van der Waals surface area contributed by atoms with Crippen LogP contribution < -0.4 is 5.46 Å². The van der Waals surface area contributed by atoms with Gasteiger partial charge in [-0.2, -0.15) is 0 Å². The predicted molar refractivity (Wildman–Crippen MR) is 65.0 cm³/mol. The number of ether oxygens (including phenoxy) is 1. The summed E-state index contributed by atoms with van der Waals surface area (Å²) in [7, 11) is -5.42. The summed E-state index contributed by atoms with van der Waals surface area (Å²) in [5.41, 5.74) is 0.171. The van der Waals surface area contributed by atoms with Crippen molar-refractivity contribution in [3.8, 4) is 0 Å². The first-order valence-corrected chi connectivity index (χ1v) is 6.86. The molecule has 0 aliphatic carbocycles. The zero-order valence-electron chi connectivity index (χ0n) is 9.74. The van der Waals surface area contributed by atoms with Crippen LogP contribution in [0, 0.1) is 0 Å². The highest BCUT2D eigenvalue weighted by Gasteiger charge is 2.21. The van der Waals surface area contributed by atoms with Gasteiger partial charge >= 0.3 is 13.1 Å². The Morgan fingerprint density at radius 3 is 2.28 bits per heavy atom. The number of benzene rings is 1. The first-order valence-electron chi connectivity index (χ1n) is 5.21. The highest BCUT2D eigenvalue weighted by molar-refractivity contribution is 7.92. The average Bonchev–Trinajstić information content (AvgIpc) is 2.28. The number of carbonyl (C=O) groups is 1. The van der Waals surface area contributed by atoms with Crippen molar-refractivity contribution < 1.29 is 28.0 Å². The molecule has 1 aromatic carbocycles. The Kier molecular flexibility index (Phi) is 4.89. The maximum Gasteiger partial charge on any atom is 0.488 e. The van der Waals surface area contributed by atoms with Crippen LogP contribution in [0.4, 0.5) is 0 Å². The topological polar surface area (TPSA) is 101 Å². The molecule has 0 atom stereocenters. The van der Waals surface area contributed by atoms with Gasteiger partial charge in [0.1, 0.15) is 0 Å². The second kappa shape index (κ2) is 5.99. The molecule has 0 aliphatic heterocycles. The standard InChI is InChI=1S/C10H13BO6S/c1-2-17-10(12)7-18(15,16)9-5-3-8(4-6-9)11(13)14/h3-6,13-14H,2,7H2,1H3. The smallest absolute Gasteiger partial charge is 0.465 e. The summed E-state index contributed by atoms with van der Waals surface area (Å²) in [6, 6.07) is 4.96. The fourth-order valence-electron chi connectivity index (χ4n) is 1.29. The lowest BCUT2D eigenvalue weighted by Gasteiger charge is -2.05. The van der Waals surface area contributed by atoms with Gasteiger partial charge < -0.3 is 14.8 Å². The quantitative estimate of drug-likeness (QED) is 0.510. The van der Waals surface area contributed by atoms with E-state index in [4.69, 9.17) is 10.0 Å². The van der Waals surface area contributed by atoms with Gasteiger partial charge in [0, 0.05) is 0 Å². The highest BCUT2D eigenvalue weighted by atomic mass is 32.2. The Morgan fingerprint density at radius 2 is 1.83 bits per heavy atom. The molecular weight excluding hydrogens is 259 g/mol. The fourth-order valence-corrected chi connectivity index (χ4v) is 2.40. The molecule has 8 heteroatoms. The predicted octanol–water partition coefficient (Wildman–Crippen LogP) is -1.30. The van der Waals surface area contributed by atoms with Crippen LogP contribution in [-0.2, 0) is 19.4 Å². The minimum Gasteiger partial charge on any atom is -0.465 e. The molecule has 6 nitrogen and oxygen atoms in total. The third kappa shape index (κ3) is 3.83. The molecule has 0 unspecified atom stereocenters. The Labute approximate surface area is 105 Å². The van der Waals surface area contributed by atoms with Crippen LogP contribution in [0.1, 0.15) is 6.92 Å². The lowest BCUT2D eigenvalue weighted by molar-refractivity contribution is -0.139. The van der Waals surface area contributed by atoms with Crippen LogP contribution in [-0.4, -0.2) is 43.9 Å². The van der Waals surface area contributed by atoms with E-state index in [9.17, 15) is 13.2 Å². The Morgan fingerprint density at radius 1 is 1.28 bits per heavy atom. The molecule has 0 aromatic heterocycles. The third-order valence-electron chi connectivity index (χ3n) is 2.15. The summed E-state index contributed by atoms with van der Waals surface area (Å²) in [5.74, 6) is -1.55. The van der Waals surface area contributed by atoms with Crippen LogP contribution in [0.3, 0.4) is 0 Å². The summed E-state index contributed by atoms with van der Waals surface area (Å²) in [6.07, 6.45) is 0. The molecule has 1 rings (SSSR count). The van der Waals surface area contributed by atoms with Crippen LogP contribution in [0.2, 0.25) is 0 Å². The van der Waals surface area contributed by atoms with E-state index in [0.29, 0.717) is 0 Å². The van der Waals surface area contributed by atoms with E-state index < -0.39 is 28.7 Å². The molecule has 0 fully saturated rings. The van der Waals surface area contributed by atoms with Crippen molar-refractivity contribution >= 4 is 28.4 Å². The molecule has 1 aromatic rings. The van der Waals surface area contributed by atoms with Gasteiger partial charge in [-0.25, -0.2) is 8.42 Å². The molecule has 0 heterocycles. The fraction of sp³-hybridized carbons (Fsp3) is 0.300. The molecule has 98 valence electrons. The van der Waals surface area contributed by atoms with Gasteiger partial charge in [-0.05, 0) is 24.5 Å². The van der Waals surface area contributed by atoms with Gasteiger partial charge in [-0.1, -0.05) is 12.1 Å². The lowest BCUT2D eigenvalue weighted by atomic mass is 9.81. The third-order valence-corrected chi connectivity index (χ3v) is 3.76. The van der Waals surface area contributed by atoms with Gasteiger partial charge in [0.25, 0.3) is 0 Å². The number of sulfone groups is 1. The number of carbonyl (C=O) groups excluding carboxylic acids is 1. The summed E-state index contributed by atoms with van der Waals surface area (Å²) in [4.78, 5) is 11.1. The molecule has 0 saturated heterocycles. The van der Waals surface area contributed by atoms with Crippen molar-refractivity contribution in [2.45, 2.75) is 11.8 Å². The zero-order valence-corrected chi connectivity index (χ0v) is 10.6. The largest absolute Gasteiger partial charge is 0.488 e. The van der Waals surface area contributed by atoms with Crippen LogP contribution >= 0.6 is 0 Å². The summed E-state index contributed by atoms with van der Waals surface area (Å²) < 4.78 is 28.1. The molecule has 0 amide bonds. The summed E-state index contributed by atoms with van der Waals surface area (Å²) >= 11 is 0. The van der Waals surface area contributed by atoms with Crippen molar-refractivity contribution in [2.75, 3.05) is 12.4 Å². The van der Waals surface area contributed by atoms with E-state index in [0.717, 1.165) is 0 Å². The Balaban J connectivity index is 2.88. The van der Waals surface area contributed by atoms with Crippen LogP contribution in [0.25, 0.3) is 0 Å². The van der Waals surface area contributed by atoms with Gasteiger partial charge in [0.2, 0.25) is 0 Å². The molecule has 0 saturated carbocycles. The monoisotopic (exact) mass is 272 g/mol. The Hall–Kier alpha value is -1.38. The van der Waals surface area contributed by atoms with Gasteiger partial charge in [-0.3, -0.25) is 4.79 Å². The first kappa shape index (κ1) is 14.7. The molecule has 2 N–H and O–H groups in total. The van der Waals surface area contributed by atoms with E-state index in [-0.39, 0.29) is 17.0 Å².